The second-order valence-corrected chi connectivity index (χ2v) is 4.16. The van der Waals surface area contributed by atoms with Crippen LogP contribution in [0.4, 0.5) is 0 Å². The summed E-state index contributed by atoms with van der Waals surface area (Å²) >= 11 is 0. The Hall–Kier alpha value is -0.960. The minimum atomic E-state index is 0.171. The Morgan fingerprint density at radius 2 is 2.00 bits per heavy atom. The van der Waals surface area contributed by atoms with Crippen molar-refractivity contribution in [2.24, 2.45) is 11.7 Å². The van der Waals surface area contributed by atoms with Crippen LogP contribution in [-0.4, -0.2) is 16.0 Å². The molecule has 1 unspecified atom stereocenters. The maximum absolute atomic E-state index is 6.00. The first-order chi connectivity index (χ1) is 6.50. The average molecular weight is 193 g/mol. The monoisotopic (exact) mass is 193 g/mol. The minimum Gasteiger partial charge on any atom is -0.327 e. The first kappa shape index (κ1) is 11.1. The lowest BCUT2D eigenvalue weighted by molar-refractivity contribution is 0.484. The Morgan fingerprint density at radius 3 is 2.57 bits per heavy atom. The molecule has 0 radical (unpaired) electrons. The minimum absolute atomic E-state index is 0.171. The number of aromatic nitrogens is 2. The molecule has 1 aromatic heterocycles. The van der Waals surface area contributed by atoms with Crippen molar-refractivity contribution in [3.63, 3.8) is 0 Å². The summed E-state index contributed by atoms with van der Waals surface area (Å²) in [4.78, 5) is 8.73. The van der Waals surface area contributed by atoms with Gasteiger partial charge in [-0.3, -0.25) is 9.97 Å². The van der Waals surface area contributed by atoms with Gasteiger partial charge < -0.3 is 5.73 Å². The van der Waals surface area contributed by atoms with E-state index in [0.717, 1.165) is 23.5 Å². The van der Waals surface area contributed by atoms with Crippen molar-refractivity contribution in [2.45, 2.75) is 40.2 Å². The van der Waals surface area contributed by atoms with E-state index in [1.54, 1.807) is 6.20 Å². The maximum atomic E-state index is 6.00. The fourth-order valence-electron chi connectivity index (χ4n) is 1.24. The van der Waals surface area contributed by atoms with E-state index in [2.05, 4.69) is 23.8 Å². The molecule has 0 saturated heterocycles. The number of aryl methyl sites for hydroxylation is 2. The average Bonchev–Trinajstić information content (AvgIpc) is 2.11. The van der Waals surface area contributed by atoms with Gasteiger partial charge in [-0.15, -0.1) is 0 Å². The quantitative estimate of drug-likeness (QED) is 0.793. The van der Waals surface area contributed by atoms with E-state index >= 15 is 0 Å². The predicted octanol–water partition coefficient (Wildman–Crippen LogP) is 1.62. The zero-order valence-electron chi connectivity index (χ0n) is 9.41. The lowest BCUT2D eigenvalue weighted by Crippen LogP contribution is -2.29. The van der Waals surface area contributed by atoms with Crippen molar-refractivity contribution in [2.75, 3.05) is 0 Å². The van der Waals surface area contributed by atoms with E-state index in [1.807, 2.05) is 13.8 Å². The second kappa shape index (κ2) is 4.51. The SMILES string of the molecule is Cc1cnc(C)c(CC(N)C(C)C)n1. The molecule has 14 heavy (non-hydrogen) atoms. The van der Waals surface area contributed by atoms with Crippen molar-refractivity contribution in [3.8, 4) is 0 Å². The molecular formula is C11H19N3. The van der Waals surface area contributed by atoms with Crippen LogP contribution in [0, 0.1) is 19.8 Å². The van der Waals surface area contributed by atoms with Crippen LogP contribution >= 0.6 is 0 Å². The number of nitrogens with zero attached hydrogens (tertiary/aromatic N) is 2. The highest BCUT2D eigenvalue weighted by Crippen LogP contribution is 2.09. The summed E-state index contributed by atoms with van der Waals surface area (Å²) in [5.41, 5.74) is 8.99. The van der Waals surface area contributed by atoms with Crippen LogP contribution in [-0.2, 0) is 6.42 Å². The fourth-order valence-corrected chi connectivity index (χ4v) is 1.24. The highest BCUT2D eigenvalue weighted by atomic mass is 14.8. The Kier molecular flexibility index (Phi) is 3.58. The molecule has 0 bridgehead atoms. The fraction of sp³-hybridized carbons (Fsp3) is 0.636. The van der Waals surface area contributed by atoms with E-state index in [4.69, 9.17) is 5.73 Å². The third-order valence-corrected chi connectivity index (χ3v) is 2.46. The third-order valence-electron chi connectivity index (χ3n) is 2.46. The summed E-state index contributed by atoms with van der Waals surface area (Å²) in [5.74, 6) is 0.483. The smallest absolute Gasteiger partial charge is 0.0634 e. The molecule has 0 saturated carbocycles. The molecule has 0 fully saturated rings. The maximum Gasteiger partial charge on any atom is 0.0634 e. The molecule has 1 heterocycles. The molecule has 0 aliphatic heterocycles. The Morgan fingerprint density at radius 1 is 1.36 bits per heavy atom. The summed E-state index contributed by atoms with van der Waals surface area (Å²) < 4.78 is 0. The summed E-state index contributed by atoms with van der Waals surface area (Å²) in [7, 11) is 0. The van der Waals surface area contributed by atoms with Crippen LogP contribution < -0.4 is 5.73 Å². The van der Waals surface area contributed by atoms with E-state index < -0.39 is 0 Å². The number of rotatable bonds is 3. The van der Waals surface area contributed by atoms with Crippen molar-refractivity contribution in [1.82, 2.24) is 9.97 Å². The number of hydrogen-bond donors (Lipinski definition) is 1. The van der Waals surface area contributed by atoms with Gasteiger partial charge in [-0.25, -0.2) is 0 Å². The summed E-state index contributed by atoms with van der Waals surface area (Å²) in [6, 6.07) is 0.171. The van der Waals surface area contributed by atoms with Crippen LogP contribution in [0.1, 0.15) is 30.9 Å². The van der Waals surface area contributed by atoms with Crippen molar-refractivity contribution >= 4 is 0 Å². The Balaban J connectivity index is 2.80. The van der Waals surface area contributed by atoms with Crippen LogP contribution in [0.15, 0.2) is 6.20 Å². The summed E-state index contributed by atoms with van der Waals surface area (Å²) in [6.07, 6.45) is 2.61. The van der Waals surface area contributed by atoms with Crippen LogP contribution in [0.3, 0.4) is 0 Å². The van der Waals surface area contributed by atoms with Crippen LogP contribution in [0.2, 0.25) is 0 Å². The molecule has 0 aliphatic carbocycles. The zero-order chi connectivity index (χ0) is 10.7. The van der Waals surface area contributed by atoms with E-state index in [9.17, 15) is 0 Å². The first-order valence-corrected chi connectivity index (χ1v) is 5.05. The van der Waals surface area contributed by atoms with Crippen molar-refractivity contribution in [3.05, 3.63) is 23.3 Å². The molecule has 78 valence electrons. The molecule has 3 nitrogen and oxygen atoms in total. The molecule has 1 atom stereocenters. The number of hydrogen-bond acceptors (Lipinski definition) is 3. The third kappa shape index (κ3) is 2.77. The molecule has 0 amide bonds. The summed E-state index contributed by atoms with van der Waals surface area (Å²) in [5, 5.41) is 0. The van der Waals surface area contributed by atoms with E-state index in [1.165, 1.54) is 0 Å². The highest BCUT2D eigenvalue weighted by Gasteiger charge is 2.11. The van der Waals surface area contributed by atoms with Gasteiger partial charge in [0.05, 0.1) is 17.1 Å². The van der Waals surface area contributed by atoms with Crippen LogP contribution in [0.25, 0.3) is 0 Å². The Labute approximate surface area is 85.8 Å². The van der Waals surface area contributed by atoms with Gasteiger partial charge in [-0.1, -0.05) is 13.8 Å². The normalized spacial score (nSPS) is 13.3. The highest BCUT2D eigenvalue weighted by molar-refractivity contribution is 5.13. The van der Waals surface area contributed by atoms with Gasteiger partial charge in [0.1, 0.15) is 0 Å². The molecule has 0 aromatic carbocycles. The predicted molar refractivity (Wildman–Crippen MR) is 58.0 cm³/mol. The topological polar surface area (TPSA) is 51.8 Å². The molecule has 3 heteroatoms. The molecular weight excluding hydrogens is 174 g/mol. The standard InChI is InChI=1S/C11H19N3/c1-7(2)10(12)5-11-9(4)13-6-8(3)14-11/h6-7,10H,5,12H2,1-4H3. The first-order valence-electron chi connectivity index (χ1n) is 5.05. The van der Waals surface area contributed by atoms with Gasteiger partial charge in [0, 0.05) is 18.7 Å². The molecule has 0 aliphatic rings. The van der Waals surface area contributed by atoms with Gasteiger partial charge in [-0.2, -0.15) is 0 Å². The van der Waals surface area contributed by atoms with Crippen molar-refractivity contribution < 1.29 is 0 Å². The van der Waals surface area contributed by atoms with Gasteiger partial charge in [-0.05, 0) is 19.8 Å². The number of nitrogens with two attached hydrogens (primary N) is 1. The van der Waals surface area contributed by atoms with E-state index in [0.29, 0.717) is 5.92 Å². The van der Waals surface area contributed by atoms with Gasteiger partial charge in [0.2, 0.25) is 0 Å². The van der Waals surface area contributed by atoms with Gasteiger partial charge >= 0.3 is 0 Å². The lowest BCUT2D eigenvalue weighted by atomic mass is 9.99. The molecule has 0 spiro atoms. The van der Waals surface area contributed by atoms with Crippen LogP contribution in [0.5, 0.6) is 0 Å². The Bertz CT molecular complexity index is 307. The molecule has 1 aromatic rings. The zero-order valence-corrected chi connectivity index (χ0v) is 9.41. The largest absolute Gasteiger partial charge is 0.327 e. The van der Waals surface area contributed by atoms with Gasteiger partial charge in [0.15, 0.2) is 0 Å². The van der Waals surface area contributed by atoms with E-state index in [-0.39, 0.29) is 6.04 Å². The molecule has 1 rings (SSSR count). The van der Waals surface area contributed by atoms with Crippen molar-refractivity contribution in [1.29, 1.82) is 0 Å². The van der Waals surface area contributed by atoms with Gasteiger partial charge in [0.25, 0.3) is 0 Å². The molecule has 2 N–H and O–H groups in total. The second-order valence-electron chi connectivity index (χ2n) is 4.16. The lowest BCUT2D eigenvalue weighted by Gasteiger charge is -2.15. The summed E-state index contributed by atoms with van der Waals surface area (Å²) in [6.45, 7) is 8.19.